The molecule has 4 aliphatic carbocycles. The molecule has 0 saturated heterocycles. The largest absolute Gasteiger partial charge is 0.382 e. The molecule has 4 aliphatic rings. The summed E-state index contributed by atoms with van der Waals surface area (Å²) in [6.45, 7) is -0.0355. The fourth-order valence-corrected chi connectivity index (χ4v) is 7.26. The summed E-state index contributed by atoms with van der Waals surface area (Å²) in [5.41, 5.74) is 5.23. The van der Waals surface area contributed by atoms with Gasteiger partial charge < -0.3 is 14.7 Å². The van der Waals surface area contributed by atoms with Gasteiger partial charge in [-0.25, -0.2) is 0 Å². The Kier molecular flexibility index (Phi) is 6.28. The molecular weight excluding hydrogens is 426 g/mol. The predicted octanol–water partition coefficient (Wildman–Crippen LogP) is 4.60. The number of fused-ring (bicyclic) bond motifs is 5. The number of carbonyl (C=O) groups excluding carboxylic acids is 2. The molecule has 182 valence electrons. The molecule has 1 unspecified atom stereocenters. The van der Waals surface area contributed by atoms with Crippen LogP contribution >= 0.6 is 0 Å². The van der Waals surface area contributed by atoms with Gasteiger partial charge in [-0.2, -0.15) is 0 Å². The third-order valence-electron chi connectivity index (χ3n) is 9.01. The zero-order valence-electron chi connectivity index (χ0n) is 20.7. The molecule has 5 atom stereocenters. The van der Waals surface area contributed by atoms with Gasteiger partial charge in [0.2, 0.25) is 0 Å². The van der Waals surface area contributed by atoms with Gasteiger partial charge in [0.25, 0.3) is 0 Å². The Morgan fingerprint density at radius 1 is 1.12 bits per heavy atom. The highest BCUT2D eigenvalue weighted by Gasteiger charge is 2.53. The zero-order chi connectivity index (χ0) is 24.0. The van der Waals surface area contributed by atoms with Gasteiger partial charge in [0, 0.05) is 39.2 Å². The first kappa shape index (κ1) is 23.5. The van der Waals surface area contributed by atoms with Gasteiger partial charge in [0.1, 0.15) is 12.2 Å². The first-order chi connectivity index (χ1) is 16.3. The van der Waals surface area contributed by atoms with Crippen LogP contribution in [0.5, 0.6) is 0 Å². The summed E-state index contributed by atoms with van der Waals surface area (Å²) < 4.78 is 5.15. The van der Waals surface area contributed by atoms with Crippen LogP contribution in [0.25, 0.3) is 0 Å². The molecule has 0 aliphatic heterocycles. The third kappa shape index (κ3) is 3.97. The minimum Gasteiger partial charge on any atom is -0.382 e. The third-order valence-corrected chi connectivity index (χ3v) is 9.01. The maximum Gasteiger partial charge on any atom is 0.190 e. The Bertz CT molecular complexity index is 1040. The fraction of sp³-hybridized carbons (Fsp3) is 0.586. The number of methoxy groups -OCH3 is 1. The first-order valence-electron chi connectivity index (χ1n) is 12.8. The summed E-state index contributed by atoms with van der Waals surface area (Å²) >= 11 is 0. The average molecular weight is 464 g/mol. The van der Waals surface area contributed by atoms with Gasteiger partial charge in [0.15, 0.2) is 11.6 Å². The lowest BCUT2D eigenvalue weighted by atomic mass is 9.64. The molecule has 0 amide bonds. The number of nitrogens with zero attached hydrogens (tertiary/aromatic N) is 1. The van der Waals surface area contributed by atoms with E-state index < -0.39 is 5.60 Å². The van der Waals surface area contributed by atoms with Crippen LogP contribution in [-0.4, -0.2) is 50.1 Å². The van der Waals surface area contributed by atoms with Crippen LogP contribution in [-0.2, 0) is 14.3 Å². The molecular formula is C29H37NO4. The lowest BCUT2D eigenvalue weighted by Crippen LogP contribution is -2.51. The molecule has 1 N–H and O–H groups in total. The Labute approximate surface area is 202 Å². The number of anilines is 1. The highest BCUT2D eigenvalue weighted by atomic mass is 16.5. The van der Waals surface area contributed by atoms with Crippen LogP contribution in [0.15, 0.2) is 47.1 Å². The maximum absolute atomic E-state index is 13.0. The van der Waals surface area contributed by atoms with Gasteiger partial charge in [-0.15, -0.1) is 0 Å². The highest BCUT2D eigenvalue weighted by molar-refractivity contribution is 5.93. The first-order valence-corrected chi connectivity index (χ1v) is 12.8. The standard InChI is InChI=1S/C29H37NO4/c1-30(2)22-7-4-18(5-8-22)26-16-21-14-20(12-13-29(21,33)27(32)17-34-3)24-10-6-19-15-23(31)9-11-25(19)28(24)26/h4-5,7-8,15,20-21,24,26,33H,6,9-14,16-17H2,1-3H3/t20-,21+,24?,26-,29-/m1/s1. The quantitative estimate of drug-likeness (QED) is 0.691. The molecule has 0 spiro atoms. The molecule has 2 saturated carbocycles. The van der Waals surface area contributed by atoms with Crippen molar-refractivity contribution >= 4 is 17.3 Å². The van der Waals surface area contributed by atoms with E-state index in [9.17, 15) is 14.7 Å². The second-order valence-corrected chi connectivity index (χ2v) is 11.0. The number of aliphatic hydroxyl groups is 1. The lowest BCUT2D eigenvalue weighted by Gasteiger charge is -2.43. The molecule has 2 fully saturated rings. The van der Waals surface area contributed by atoms with Crippen molar-refractivity contribution in [3.63, 3.8) is 0 Å². The molecule has 0 heterocycles. The Hall–Kier alpha value is -2.24. The van der Waals surface area contributed by atoms with Crippen molar-refractivity contribution in [2.24, 2.45) is 17.8 Å². The number of Topliss-reactive ketones (excluding diaryl/α,β-unsaturated/α-hetero) is 1. The molecule has 2 bridgehead atoms. The molecule has 5 rings (SSSR count). The molecule has 5 nitrogen and oxygen atoms in total. The highest BCUT2D eigenvalue weighted by Crippen LogP contribution is 2.57. The minimum atomic E-state index is -1.31. The van der Waals surface area contributed by atoms with Gasteiger partial charge in [-0.1, -0.05) is 17.7 Å². The van der Waals surface area contributed by atoms with E-state index in [1.54, 1.807) is 0 Å². The van der Waals surface area contributed by atoms with Crippen molar-refractivity contribution in [3.8, 4) is 0 Å². The number of hydrogen-bond donors (Lipinski definition) is 1. The van der Waals surface area contributed by atoms with Gasteiger partial charge in [-0.05, 0) is 97.6 Å². The number of carbonyl (C=O) groups is 2. The Morgan fingerprint density at radius 3 is 2.59 bits per heavy atom. The van der Waals surface area contributed by atoms with Crippen molar-refractivity contribution in [3.05, 3.63) is 52.6 Å². The molecule has 1 aromatic carbocycles. The summed E-state index contributed by atoms with van der Waals surface area (Å²) in [6.07, 6.45) is 8.38. The Morgan fingerprint density at radius 2 is 1.88 bits per heavy atom. The average Bonchev–Trinajstić information content (AvgIpc) is 2.97. The normalized spacial score (nSPS) is 32.9. The van der Waals surface area contributed by atoms with E-state index in [0.29, 0.717) is 24.7 Å². The summed E-state index contributed by atoms with van der Waals surface area (Å²) in [5, 5.41) is 11.7. The molecule has 34 heavy (non-hydrogen) atoms. The Balaban J connectivity index is 1.63. The predicted molar refractivity (Wildman–Crippen MR) is 133 cm³/mol. The number of rotatable bonds is 5. The van der Waals surface area contributed by atoms with E-state index in [1.165, 1.54) is 29.4 Å². The second kappa shape index (κ2) is 9.09. The molecule has 1 aromatic rings. The summed E-state index contributed by atoms with van der Waals surface area (Å²) in [5.74, 6) is 1.09. The smallest absolute Gasteiger partial charge is 0.190 e. The molecule has 5 heteroatoms. The topological polar surface area (TPSA) is 66.8 Å². The number of allylic oxidation sites excluding steroid dienone is 4. The monoisotopic (exact) mass is 463 g/mol. The minimum absolute atomic E-state index is 0.0355. The van der Waals surface area contributed by atoms with Crippen molar-refractivity contribution in [2.45, 2.75) is 62.9 Å². The van der Waals surface area contributed by atoms with Gasteiger partial charge in [-0.3, -0.25) is 9.59 Å². The van der Waals surface area contributed by atoms with Crippen LogP contribution in [0.1, 0.15) is 62.8 Å². The second-order valence-electron chi connectivity index (χ2n) is 11.0. The van der Waals surface area contributed by atoms with E-state index in [4.69, 9.17) is 4.74 Å². The van der Waals surface area contributed by atoms with Crippen LogP contribution in [0.3, 0.4) is 0 Å². The molecule has 0 aromatic heterocycles. The number of hydrogen-bond acceptors (Lipinski definition) is 5. The van der Waals surface area contributed by atoms with E-state index >= 15 is 0 Å². The summed E-state index contributed by atoms with van der Waals surface area (Å²) in [4.78, 5) is 27.4. The number of benzene rings is 1. The van der Waals surface area contributed by atoms with Gasteiger partial charge >= 0.3 is 0 Å². The SMILES string of the molecule is COCC(=O)[C@@]1(O)CC[C@@H]2C[C@H]1C[C@H](c1ccc(N(C)C)cc1)C1=C3CCC(=O)C=C3CCC12. The van der Waals surface area contributed by atoms with Crippen molar-refractivity contribution < 1.29 is 19.4 Å². The summed E-state index contributed by atoms with van der Waals surface area (Å²) in [6, 6.07) is 8.78. The maximum atomic E-state index is 13.0. The van der Waals surface area contributed by atoms with Crippen molar-refractivity contribution in [1.29, 1.82) is 0 Å². The fourth-order valence-electron chi connectivity index (χ4n) is 7.26. The molecule has 0 radical (unpaired) electrons. The van der Waals surface area contributed by atoms with E-state index in [1.807, 2.05) is 20.2 Å². The van der Waals surface area contributed by atoms with Crippen LogP contribution in [0, 0.1) is 17.8 Å². The van der Waals surface area contributed by atoms with Crippen LogP contribution in [0.2, 0.25) is 0 Å². The number of ketones is 2. The van der Waals surface area contributed by atoms with Gasteiger partial charge in [0.05, 0.1) is 0 Å². The van der Waals surface area contributed by atoms with Crippen molar-refractivity contribution in [2.75, 3.05) is 32.7 Å². The van der Waals surface area contributed by atoms with Crippen LogP contribution in [0.4, 0.5) is 5.69 Å². The lowest BCUT2D eigenvalue weighted by molar-refractivity contribution is -0.154. The van der Waals surface area contributed by atoms with Crippen LogP contribution < -0.4 is 4.90 Å². The number of ether oxygens (including phenoxy) is 1. The van der Waals surface area contributed by atoms with E-state index in [-0.39, 0.29) is 30.0 Å². The van der Waals surface area contributed by atoms with E-state index in [2.05, 4.69) is 29.2 Å². The van der Waals surface area contributed by atoms with E-state index in [0.717, 1.165) is 44.2 Å². The summed E-state index contributed by atoms with van der Waals surface area (Å²) in [7, 11) is 5.61. The zero-order valence-corrected chi connectivity index (χ0v) is 20.7. The van der Waals surface area contributed by atoms with Crippen molar-refractivity contribution in [1.82, 2.24) is 0 Å².